The molecular weight excluding hydrogens is 376 g/mol. The molecule has 0 amide bonds. The van der Waals surface area contributed by atoms with Crippen molar-refractivity contribution >= 4 is 24.3 Å². The van der Waals surface area contributed by atoms with E-state index in [2.05, 4.69) is 20.0 Å². The zero-order valence-electron chi connectivity index (χ0n) is 15.4. The van der Waals surface area contributed by atoms with E-state index in [9.17, 15) is 19.2 Å². The first kappa shape index (κ1) is 24.9. The first-order valence-electron chi connectivity index (χ1n) is 8.03. The van der Waals surface area contributed by atoms with Gasteiger partial charge in [0.2, 0.25) is 24.3 Å². The van der Waals surface area contributed by atoms with E-state index in [1.807, 2.05) is 48.5 Å². The summed E-state index contributed by atoms with van der Waals surface area (Å²) in [5.41, 5.74) is 3.69. The molecular formula is C20H18N4O5. The normalized spacial score (nSPS) is 8.28. The van der Waals surface area contributed by atoms with Gasteiger partial charge in [-0.05, 0) is 22.3 Å². The molecule has 0 radical (unpaired) electrons. The molecule has 0 aliphatic carbocycles. The minimum absolute atomic E-state index is 0. The van der Waals surface area contributed by atoms with E-state index in [1.165, 1.54) is 24.3 Å². The molecule has 0 unspecified atom stereocenters. The molecule has 2 aromatic rings. The van der Waals surface area contributed by atoms with Crippen LogP contribution >= 0.6 is 0 Å². The highest BCUT2D eigenvalue weighted by Gasteiger charge is 1.93. The van der Waals surface area contributed by atoms with Crippen molar-refractivity contribution in [3.05, 3.63) is 70.8 Å². The maximum Gasteiger partial charge on any atom is 0.235 e. The maximum atomic E-state index is 9.84. The molecule has 0 aromatic heterocycles. The molecule has 2 rings (SSSR count). The van der Waals surface area contributed by atoms with Crippen LogP contribution in [-0.2, 0) is 45.4 Å². The third-order valence-electron chi connectivity index (χ3n) is 3.35. The Morgan fingerprint density at radius 2 is 0.621 bits per heavy atom. The van der Waals surface area contributed by atoms with Crippen molar-refractivity contribution in [1.82, 2.24) is 0 Å². The molecule has 0 heterocycles. The molecule has 9 nitrogen and oxygen atoms in total. The molecule has 0 saturated heterocycles. The van der Waals surface area contributed by atoms with Crippen molar-refractivity contribution in [3.8, 4) is 0 Å². The van der Waals surface area contributed by atoms with Gasteiger partial charge in [0, 0.05) is 0 Å². The number of rotatable bonds is 8. The second-order valence-electron chi connectivity index (χ2n) is 5.26. The van der Waals surface area contributed by atoms with Gasteiger partial charge in [0.1, 0.15) is 0 Å². The molecule has 0 aliphatic heterocycles. The first-order valence-corrected chi connectivity index (χ1v) is 8.03. The fourth-order valence-corrected chi connectivity index (χ4v) is 1.99. The van der Waals surface area contributed by atoms with Crippen molar-refractivity contribution in [1.29, 1.82) is 0 Å². The van der Waals surface area contributed by atoms with Gasteiger partial charge in [-0.1, -0.05) is 48.5 Å². The van der Waals surface area contributed by atoms with Crippen LogP contribution in [-0.4, -0.2) is 29.8 Å². The van der Waals surface area contributed by atoms with Crippen molar-refractivity contribution in [2.75, 3.05) is 0 Å². The van der Waals surface area contributed by atoms with Gasteiger partial charge in [0.05, 0.1) is 26.2 Å². The summed E-state index contributed by atoms with van der Waals surface area (Å²) in [6.07, 6.45) is 5.88. The molecule has 148 valence electrons. The summed E-state index contributed by atoms with van der Waals surface area (Å²) >= 11 is 0. The number of nitrogens with zero attached hydrogens (tertiary/aromatic N) is 4. The van der Waals surface area contributed by atoms with Gasteiger partial charge in [-0.15, -0.1) is 0 Å². The Morgan fingerprint density at radius 1 is 0.448 bits per heavy atom. The van der Waals surface area contributed by atoms with Crippen LogP contribution in [0.5, 0.6) is 0 Å². The zero-order valence-corrected chi connectivity index (χ0v) is 15.4. The topological polar surface area (TPSA) is 149 Å². The summed E-state index contributed by atoms with van der Waals surface area (Å²) < 4.78 is 0. The Bertz CT molecular complexity index is 774. The lowest BCUT2D eigenvalue weighted by atomic mass is 10.1. The third-order valence-corrected chi connectivity index (χ3v) is 3.35. The number of carbonyl (C=O) groups excluding carboxylic acids is 4. The molecule has 0 aliphatic rings. The van der Waals surface area contributed by atoms with Crippen molar-refractivity contribution in [2.45, 2.75) is 26.2 Å². The van der Waals surface area contributed by atoms with Gasteiger partial charge in [-0.2, -0.15) is 0 Å². The lowest BCUT2D eigenvalue weighted by Crippen LogP contribution is -1.84. The highest BCUT2D eigenvalue weighted by Crippen LogP contribution is 2.07. The van der Waals surface area contributed by atoms with E-state index < -0.39 is 0 Å². The van der Waals surface area contributed by atoms with Crippen LogP contribution in [0.4, 0.5) is 0 Å². The number of hydrogen-bond acceptors (Lipinski definition) is 8. The highest BCUT2D eigenvalue weighted by atomic mass is 16.1. The second-order valence-corrected chi connectivity index (χ2v) is 5.26. The average molecular weight is 394 g/mol. The second kappa shape index (κ2) is 16.1. The van der Waals surface area contributed by atoms with Crippen LogP contribution in [0.1, 0.15) is 22.3 Å². The number of isocyanates is 4. The lowest BCUT2D eigenvalue weighted by molar-refractivity contribution is 0.562. The smallest absolute Gasteiger partial charge is 0.235 e. The zero-order chi connectivity index (χ0) is 20.5. The standard InChI is InChI=1S/2C10H8N2O2.H2O/c2*13-7-11-5-9-1-2-10(4-3-9)6-12-8-14;/h2*1-4H,5-6H2;1H2. The summed E-state index contributed by atoms with van der Waals surface area (Å²) in [5.74, 6) is 0. The number of benzene rings is 2. The van der Waals surface area contributed by atoms with Crippen LogP contribution in [0.15, 0.2) is 68.5 Å². The average Bonchev–Trinajstić information content (AvgIpc) is 2.75. The van der Waals surface area contributed by atoms with Gasteiger partial charge >= 0.3 is 0 Å². The predicted octanol–water partition coefficient (Wildman–Crippen LogP) is 1.89. The summed E-state index contributed by atoms with van der Waals surface area (Å²) in [5, 5.41) is 0. The Kier molecular flexibility index (Phi) is 13.9. The largest absolute Gasteiger partial charge is 0.412 e. The fourth-order valence-electron chi connectivity index (χ4n) is 1.99. The van der Waals surface area contributed by atoms with Gasteiger partial charge in [-0.3, -0.25) is 0 Å². The Labute approximate surface area is 166 Å². The van der Waals surface area contributed by atoms with Crippen molar-refractivity contribution in [2.24, 2.45) is 20.0 Å². The minimum atomic E-state index is 0. The molecule has 0 fully saturated rings. The van der Waals surface area contributed by atoms with Crippen molar-refractivity contribution in [3.63, 3.8) is 0 Å². The number of aliphatic imine (C=N–C) groups is 4. The first-order chi connectivity index (χ1) is 13.7. The molecule has 0 spiro atoms. The molecule has 9 heteroatoms. The Balaban J connectivity index is 0.000000523. The van der Waals surface area contributed by atoms with Crippen LogP contribution in [0, 0.1) is 0 Å². The Hall–Kier alpha value is -4.08. The summed E-state index contributed by atoms with van der Waals surface area (Å²) in [7, 11) is 0. The minimum Gasteiger partial charge on any atom is -0.412 e. The SMILES string of the molecule is O.O=C=NCc1ccc(CN=C=O)cc1.O=C=NCc1ccc(CN=C=O)cc1. The van der Waals surface area contributed by atoms with E-state index in [0.29, 0.717) is 26.2 Å². The fraction of sp³-hybridized carbons (Fsp3) is 0.200. The molecule has 0 saturated carbocycles. The molecule has 0 bridgehead atoms. The quantitative estimate of drug-likeness (QED) is 0.496. The van der Waals surface area contributed by atoms with E-state index in [1.54, 1.807) is 0 Å². The van der Waals surface area contributed by atoms with Gasteiger partial charge in [-0.25, -0.2) is 39.1 Å². The van der Waals surface area contributed by atoms with E-state index in [-0.39, 0.29) is 5.48 Å². The third kappa shape index (κ3) is 11.3. The van der Waals surface area contributed by atoms with E-state index in [4.69, 9.17) is 0 Å². The molecule has 2 aromatic carbocycles. The summed E-state index contributed by atoms with van der Waals surface area (Å²) in [6, 6.07) is 14.6. The van der Waals surface area contributed by atoms with Crippen LogP contribution < -0.4 is 0 Å². The summed E-state index contributed by atoms with van der Waals surface area (Å²) in [6.45, 7) is 1.34. The molecule has 2 N–H and O–H groups in total. The molecule has 29 heavy (non-hydrogen) atoms. The van der Waals surface area contributed by atoms with Crippen LogP contribution in [0.2, 0.25) is 0 Å². The van der Waals surface area contributed by atoms with Gasteiger partial charge in [0.15, 0.2) is 0 Å². The number of hydrogen-bond donors (Lipinski definition) is 0. The summed E-state index contributed by atoms with van der Waals surface area (Å²) in [4.78, 5) is 53.1. The maximum absolute atomic E-state index is 9.84. The van der Waals surface area contributed by atoms with E-state index in [0.717, 1.165) is 22.3 Å². The Morgan fingerprint density at radius 3 is 0.759 bits per heavy atom. The lowest BCUT2D eigenvalue weighted by Gasteiger charge is -1.97. The van der Waals surface area contributed by atoms with E-state index >= 15 is 0 Å². The molecule has 0 atom stereocenters. The highest BCUT2D eigenvalue weighted by molar-refractivity contribution is 5.36. The van der Waals surface area contributed by atoms with Crippen LogP contribution in [0.3, 0.4) is 0 Å². The monoisotopic (exact) mass is 394 g/mol. The van der Waals surface area contributed by atoms with Gasteiger partial charge in [0.25, 0.3) is 0 Å². The predicted molar refractivity (Wildman–Crippen MR) is 104 cm³/mol. The van der Waals surface area contributed by atoms with Crippen molar-refractivity contribution < 1.29 is 24.7 Å². The van der Waals surface area contributed by atoms with Crippen LogP contribution in [0.25, 0.3) is 0 Å². The van der Waals surface area contributed by atoms with Gasteiger partial charge < -0.3 is 5.48 Å².